The second kappa shape index (κ2) is 9.75. The van der Waals surface area contributed by atoms with Gasteiger partial charge in [0.1, 0.15) is 5.75 Å². The molecule has 5 rings (SSSR count). The summed E-state index contributed by atoms with van der Waals surface area (Å²) >= 11 is 1.53. The minimum absolute atomic E-state index is 0.152. The van der Waals surface area contributed by atoms with Gasteiger partial charge in [0.25, 0.3) is 11.3 Å². The number of thioether (sulfide) groups is 1. The molecular formula is C22H27N9O2S. The molecule has 0 aliphatic heterocycles. The van der Waals surface area contributed by atoms with Crippen molar-refractivity contribution in [3.8, 4) is 5.75 Å². The quantitative estimate of drug-likeness (QED) is 0.324. The van der Waals surface area contributed by atoms with E-state index in [1.807, 2.05) is 24.3 Å². The molecule has 0 amide bonds. The van der Waals surface area contributed by atoms with Crippen LogP contribution >= 0.6 is 11.8 Å². The second-order valence-electron chi connectivity index (χ2n) is 8.26. The Morgan fingerprint density at radius 1 is 1.21 bits per heavy atom. The maximum Gasteiger partial charge on any atom is 0.274 e. The van der Waals surface area contributed by atoms with E-state index in [1.165, 1.54) is 41.6 Å². The number of methoxy groups -OCH3 is 1. The lowest BCUT2D eigenvalue weighted by Crippen LogP contribution is -2.18. The van der Waals surface area contributed by atoms with Gasteiger partial charge in [-0.25, -0.2) is 4.98 Å². The van der Waals surface area contributed by atoms with Crippen molar-refractivity contribution in [3.05, 3.63) is 52.2 Å². The summed E-state index contributed by atoms with van der Waals surface area (Å²) in [5, 5.41) is 16.0. The number of ether oxygens (including phenoxy) is 1. The van der Waals surface area contributed by atoms with Gasteiger partial charge < -0.3 is 20.4 Å². The molecule has 1 saturated carbocycles. The van der Waals surface area contributed by atoms with E-state index < -0.39 is 0 Å². The Kier molecular flexibility index (Phi) is 6.39. The molecule has 0 spiro atoms. The number of hydrogen-bond acceptors (Lipinski definition) is 9. The number of rotatable bonds is 8. The first-order valence-electron chi connectivity index (χ1n) is 11.3. The summed E-state index contributed by atoms with van der Waals surface area (Å²) in [6, 6.07) is 9.68. The Morgan fingerprint density at radius 3 is 2.88 bits per heavy atom. The van der Waals surface area contributed by atoms with Crippen molar-refractivity contribution in [2.45, 2.75) is 55.6 Å². The molecule has 178 valence electrons. The largest absolute Gasteiger partial charge is 0.497 e. The number of fused-ring (bicyclic) bond motifs is 1. The van der Waals surface area contributed by atoms with Crippen molar-refractivity contribution >= 4 is 29.2 Å². The highest BCUT2D eigenvalue weighted by atomic mass is 32.2. The number of H-pyrrole nitrogens is 1. The lowest BCUT2D eigenvalue weighted by Gasteiger charge is -2.25. The third kappa shape index (κ3) is 4.72. The topological polar surface area (TPSA) is 141 Å². The van der Waals surface area contributed by atoms with Crippen LogP contribution in [0, 0.1) is 0 Å². The van der Waals surface area contributed by atoms with Gasteiger partial charge in [-0.05, 0) is 25.0 Å². The standard InChI is InChI=1S/C22H27N9O2S/c1-33-17-9-5-6-14(10-17)24-12-18-27-28-22(30(18)16-7-3-2-4-8-16)34-13-15-11-19(32)31-21(25-15)26-20(23)29-31/h5-6,9-11,16,24H,2-4,7-8,12-13H2,1H3,(H3,23,25,26,29). The fourth-order valence-corrected chi connectivity index (χ4v) is 5.22. The molecule has 11 nitrogen and oxygen atoms in total. The van der Waals surface area contributed by atoms with E-state index in [0.717, 1.165) is 35.3 Å². The highest BCUT2D eigenvalue weighted by molar-refractivity contribution is 7.98. The smallest absolute Gasteiger partial charge is 0.274 e. The number of anilines is 2. The maximum absolute atomic E-state index is 12.3. The van der Waals surface area contributed by atoms with E-state index in [0.29, 0.717) is 24.0 Å². The third-order valence-electron chi connectivity index (χ3n) is 5.95. The van der Waals surface area contributed by atoms with E-state index in [-0.39, 0.29) is 17.3 Å². The monoisotopic (exact) mass is 481 g/mol. The first-order chi connectivity index (χ1) is 16.6. The van der Waals surface area contributed by atoms with Gasteiger partial charge in [0, 0.05) is 29.6 Å². The second-order valence-corrected chi connectivity index (χ2v) is 9.21. The average Bonchev–Trinajstić information content (AvgIpc) is 3.45. The van der Waals surface area contributed by atoms with Crippen LogP contribution in [0.2, 0.25) is 0 Å². The fourth-order valence-electron chi connectivity index (χ4n) is 4.30. The van der Waals surface area contributed by atoms with Crippen molar-refractivity contribution in [1.29, 1.82) is 0 Å². The predicted octanol–water partition coefficient (Wildman–Crippen LogP) is 3.01. The molecule has 4 N–H and O–H groups in total. The molecular weight excluding hydrogens is 454 g/mol. The third-order valence-corrected chi connectivity index (χ3v) is 6.92. The van der Waals surface area contributed by atoms with E-state index in [2.05, 4.69) is 35.1 Å². The zero-order valence-corrected chi connectivity index (χ0v) is 19.7. The lowest BCUT2D eigenvalue weighted by atomic mass is 9.95. The number of aromatic nitrogens is 7. The molecule has 0 radical (unpaired) electrons. The number of nitrogens with zero attached hydrogens (tertiary/aromatic N) is 6. The van der Waals surface area contributed by atoms with Crippen LogP contribution in [0.3, 0.4) is 0 Å². The highest BCUT2D eigenvalue weighted by Crippen LogP contribution is 2.33. The van der Waals surface area contributed by atoms with Crippen LogP contribution in [0.4, 0.5) is 11.6 Å². The number of nitrogen functional groups attached to an aromatic ring is 1. The first-order valence-corrected chi connectivity index (χ1v) is 12.3. The van der Waals surface area contributed by atoms with E-state index in [9.17, 15) is 4.79 Å². The minimum Gasteiger partial charge on any atom is -0.497 e. The van der Waals surface area contributed by atoms with Gasteiger partial charge in [-0.1, -0.05) is 37.1 Å². The zero-order valence-electron chi connectivity index (χ0n) is 18.9. The average molecular weight is 482 g/mol. The summed E-state index contributed by atoms with van der Waals surface area (Å²) in [5.74, 6) is 2.58. The minimum atomic E-state index is -0.248. The van der Waals surface area contributed by atoms with Crippen LogP contribution in [0.5, 0.6) is 5.75 Å². The van der Waals surface area contributed by atoms with Gasteiger partial charge in [-0.15, -0.1) is 10.2 Å². The molecule has 1 aromatic carbocycles. The molecule has 3 heterocycles. The Labute approximate surface area is 200 Å². The number of nitrogens with one attached hydrogen (secondary N) is 2. The number of benzene rings is 1. The van der Waals surface area contributed by atoms with Crippen LogP contribution in [0.15, 0.2) is 40.3 Å². The summed E-state index contributed by atoms with van der Waals surface area (Å²) in [4.78, 5) is 20.9. The van der Waals surface area contributed by atoms with Crippen molar-refractivity contribution in [2.75, 3.05) is 18.2 Å². The Bertz CT molecular complexity index is 1340. The number of nitrogens with two attached hydrogens (primary N) is 1. The maximum atomic E-state index is 12.3. The summed E-state index contributed by atoms with van der Waals surface area (Å²) in [6.45, 7) is 0.551. The lowest BCUT2D eigenvalue weighted by molar-refractivity contribution is 0.330. The van der Waals surface area contributed by atoms with Crippen molar-refractivity contribution in [1.82, 2.24) is 34.3 Å². The fraction of sp³-hybridized carbons (Fsp3) is 0.409. The highest BCUT2D eigenvalue weighted by Gasteiger charge is 2.23. The Hall–Kier alpha value is -3.54. The summed E-state index contributed by atoms with van der Waals surface area (Å²) in [5.41, 5.74) is 6.99. The van der Waals surface area contributed by atoms with Crippen LogP contribution in [-0.2, 0) is 12.3 Å². The molecule has 1 fully saturated rings. The zero-order chi connectivity index (χ0) is 23.5. The summed E-state index contributed by atoms with van der Waals surface area (Å²) in [6.07, 6.45) is 5.88. The van der Waals surface area contributed by atoms with Gasteiger partial charge in [-0.3, -0.25) is 9.89 Å². The van der Waals surface area contributed by atoms with Gasteiger partial charge in [0.15, 0.2) is 11.0 Å². The van der Waals surface area contributed by atoms with Crippen molar-refractivity contribution in [3.63, 3.8) is 0 Å². The molecule has 1 aliphatic carbocycles. The molecule has 12 heteroatoms. The molecule has 0 saturated heterocycles. The SMILES string of the molecule is COc1cccc(NCc2nnc(SCc3cc(=O)n4[nH]c(N)nc4n3)n2C2CCCCC2)c1. The Morgan fingerprint density at radius 2 is 2.06 bits per heavy atom. The Balaban J connectivity index is 1.37. The summed E-state index contributed by atoms with van der Waals surface area (Å²) in [7, 11) is 1.66. The molecule has 0 unspecified atom stereocenters. The molecule has 4 aromatic rings. The van der Waals surface area contributed by atoms with Crippen LogP contribution in [0.1, 0.15) is 49.7 Å². The van der Waals surface area contributed by atoms with E-state index in [4.69, 9.17) is 10.5 Å². The normalized spacial score (nSPS) is 14.5. The van der Waals surface area contributed by atoms with Crippen molar-refractivity contribution in [2.24, 2.45) is 0 Å². The number of aromatic amines is 1. The van der Waals surface area contributed by atoms with Gasteiger partial charge >= 0.3 is 0 Å². The van der Waals surface area contributed by atoms with Crippen LogP contribution < -0.4 is 21.3 Å². The first kappa shape index (κ1) is 22.3. The molecule has 34 heavy (non-hydrogen) atoms. The summed E-state index contributed by atoms with van der Waals surface area (Å²) < 4.78 is 8.81. The van der Waals surface area contributed by atoms with Gasteiger partial charge in [0.05, 0.1) is 19.3 Å². The predicted molar refractivity (Wildman–Crippen MR) is 130 cm³/mol. The van der Waals surface area contributed by atoms with Crippen LogP contribution in [0.25, 0.3) is 5.78 Å². The van der Waals surface area contributed by atoms with Crippen LogP contribution in [-0.4, -0.2) is 41.5 Å². The van der Waals surface area contributed by atoms with Gasteiger partial charge in [0.2, 0.25) is 5.95 Å². The molecule has 1 aliphatic rings. The molecule has 3 aromatic heterocycles. The van der Waals surface area contributed by atoms with E-state index in [1.54, 1.807) is 7.11 Å². The van der Waals surface area contributed by atoms with Crippen molar-refractivity contribution < 1.29 is 4.74 Å². The molecule has 0 atom stereocenters. The molecule has 0 bridgehead atoms. The van der Waals surface area contributed by atoms with E-state index >= 15 is 0 Å². The number of hydrogen-bond donors (Lipinski definition) is 3. The van der Waals surface area contributed by atoms with Gasteiger partial charge in [-0.2, -0.15) is 9.50 Å².